The SMILES string of the molecule is O=[N+]([O-])c1ccc(N/N=C/c2cc(Cl)cc([N+](=O)[O-])c2O)cc1. The number of halogens is 1. The molecule has 9 nitrogen and oxygen atoms in total. The summed E-state index contributed by atoms with van der Waals surface area (Å²) in [6, 6.07) is 7.80. The van der Waals surface area contributed by atoms with Gasteiger partial charge in [-0.15, -0.1) is 0 Å². The number of rotatable bonds is 5. The van der Waals surface area contributed by atoms with Crippen molar-refractivity contribution in [3.63, 3.8) is 0 Å². The smallest absolute Gasteiger partial charge is 0.312 e. The predicted molar refractivity (Wildman–Crippen MR) is 84.1 cm³/mol. The Hall–Kier alpha value is -3.20. The molecule has 0 atom stereocenters. The molecular weight excluding hydrogens is 328 g/mol. The molecule has 0 aliphatic heterocycles. The van der Waals surface area contributed by atoms with Crippen molar-refractivity contribution >= 4 is 34.9 Å². The third kappa shape index (κ3) is 3.92. The van der Waals surface area contributed by atoms with E-state index in [9.17, 15) is 25.3 Å². The summed E-state index contributed by atoms with van der Waals surface area (Å²) >= 11 is 5.75. The summed E-state index contributed by atoms with van der Waals surface area (Å²) in [6.07, 6.45) is 1.15. The second kappa shape index (κ2) is 6.71. The van der Waals surface area contributed by atoms with Gasteiger partial charge in [0.1, 0.15) is 0 Å². The molecule has 118 valence electrons. The van der Waals surface area contributed by atoms with E-state index in [1.54, 1.807) is 0 Å². The van der Waals surface area contributed by atoms with Crippen molar-refractivity contribution in [2.45, 2.75) is 0 Å². The number of nitro benzene ring substituents is 2. The first-order chi connectivity index (χ1) is 10.9. The Morgan fingerprint density at radius 1 is 1.13 bits per heavy atom. The van der Waals surface area contributed by atoms with E-state index >= 15 is 0 Å². The fourth-order valence-corrected chi connectivity index (χ4v) is 1.90. The number of nitrogens with one attached hydrogen (secondary N) is 1. The number of phenolic OH excluding ortho intramolecular Hbond substituents is 1. The number of aromatic hydroxyl groups is 1. The highest BCUT2D eigenvalue weighted by Crippen LogP contribution is 2.32. The summed E-state index contributed by atoms with van der Waals surface area (Å²) in [4.78, 5) is 20.0. The second-order valence-electron chi connectivity index (χ2n) is 4.29. The van der Waals surface area contributed by atoms with Crippen LogP contribution < -0.4 is 5.43 Å². The van der Waals surface area contributed by atoms with Crippen LogP contribution >= 0.6 is 11.6 Å². The van der Waals surface area contributed by atoms with Crippen LogP contribution in [0.2, 0.25) is 5.02 Å². The van der Waals surface area contributed by atoms with E-state index in [2.05, 4.69) is 10.5 Å². The van der Waals surface area contributed by atoms with Crippen LogP contribution in [0.3, 0.4) is 0 Å². The Bertz CT molecular complexity index is 792. The average Bonchev–Trinajstić information content (AvgIpc) is 2.50. The lowest BCUT2D eigenvalue weighted by Crippen LogP contribution is -1.95. The van der Waals surface area contributed by atoms with Gasteiger partial charge in [-0.2, -0.15) is 5.10 Å². The molecule has 0 bridgehead atoms. The highest BCUT2D eigenvalue weighted by molar-refractivity contribution is 6.31. The van der Waals surface area contributed by atoms with Crippen LogP contribution in [0.4, 0.5) is 17.1 Å². The van der Waals surface area contributed by atoms with Crippen molar-refractivity contribution in [3.8, 4) is 5.75 Å². The van der Waals surface area contributed by atoms with Crippen LogP contribution in [0, 0.1) is 20.2 Å². The van der Waals surface area contributed by atoms with E-state index < -0.39 is 21.3 Å². The first kappa shape index (κ1) is 16.2. The van der Waals surface area contributed by atoms with Crippen molar-refractivity contribution in [3.05, 3.63) is 67.2 Å². The van der Waals surface area contributed by atoms with Gasteiger partial charge in [0.25, 0.3) is 5.69 Å². The van der Waals surface area contributed by atoms with E-state index in [4.69, 9.17) is 11.6 Å². The topological polar surface area (TPSA) is 131 Å². The Morgan fingerprint density at radius 3 is 2.35 bits per heavy atom. The fourth-order valence-electron chi connectivity index (χ4n) is 1.68. The van der Waals surface area contributed by atoms with Crippen molar-refractivity contribution in [1.29, 1.82) is 0 Å². The van der Waals surface area contributed by atoms with Gasteiger partial charge >= 0.3 is 5.69 Å². The minimum atomic E-state index is -0.762. The summed E-state index contributed by atoms with van der Waals surface area (Å²) < 4.78 is 0. The summed E-state index contributed by atoms with van der Waals surface area (Å²) in [5.41, 5.74) is 2.49. The molecule has 2 rings (SSSR count). The lowest BCUT2D eigenvalue weighted by atomic mass is 10.2. The monoisotopic (exact) mass is 336 g/mol. The number of hydrogen-bond acceptors (Lipinski definition) is 7. The van der Waals surface area contributed by atoms with Gasteiger partial charge in [0.15, 0.2) is 0 Å². The number of hydrogen-bond donors (Lipinski definition) is 2. The normalized spacial score (nSPS) is 10.7. The molecule has 2 aromatic carbocycles. The number of nitro groups is 2. The first-order valence-electron chi connectivity index (χ1n) is 6.09. The zero-order valence-corrected chi connectivity index (χ0v) is 12.1. The molecule has 23 heavy (non-hydrogen) atoms. The molecule has 0 fully saturated rings. The van der Waals surface area contributed by atoms with Gasteiger partial charge in [-0.05, 0) is 18.2 Å². The Morgan fingerprint density at radius 2 is 1.78 bits per heavy atom. The van der Waals surface area contributed by atoms with E-state index in [0.717, 1.165) is 12.3 Å². The predicted octanol–water partition coefficient (Wildman–Crippen LogP) is 3.31. The van der Waals surface area contributed by atoms with Gasteiger partial charge in [-0.1, -0.05) is 11.6 Å². The van der Waals surface area contributed by atoms with Gasteiger partial charge in [-0.25, -0.2) is 0 Å². The van der Waals surface area contributed by atoms with E-state index in [1.807, 2.05) is 0 Å². The maximum absolute atomic E-state index is 10.8. The summed E-state index contributed by atoms with van der Waals surface area (Å²) in [6.45, 7) is 0. The van der Waals surface area contributed by atoms with Gasteiger partial charge in [0.2, 0.25) is 5.75 Å². The third-order valence-electron chi connectivity index (χ3n) is 2.76. The molecule has 0 aliphatic rings. The van der Waals surface area contributed by atoms with Gasteiger partial charge in [0, 0.05) is 28.8 Å². The molecule has 0 saturated heterocycles. The maximum Gasteiger partial charge on any atom is 0.312 e. The van der Waals surface area contributed by atoms with Crippen molar-refractivity contribution < 1.29 is 15.0 Å². The molecule has 0 unspecified atom stereocenters. The zero-order valence-electron chi connectivity index (χ0n) is 11.3. The van der Waals surface area contributed by atoms with Crippen LogP contribution in [-0.4, -0.2) is 21.2 Å². The van der Waals surface area contributed by atoms with Crippen molar-refractivity contribution in [1.82, 2.24) is 0 Å². The van der Waals surface area contributed by atoms with Crippen molar-refractivity contribution in [2.24, 2.45) is 5.10 Å². The molecule has 0 amide bonds. The van der Waals surface area contributed by atoms with Gasteiger partial charge in [-0.3, -0.25) is 25.7 Å². The number of nitrogens with zero attached hydrogens (tertiary/aromatic N) is 3. The lowest BCUT2D eigenvalue weighted by molar-refractivity contribution is -0.385. The highest BCUT2D eigenvalue weighted by Gasteiger charge is 2.17. The largest absolute Gasteiger partial charge is 0.502 e. The number of hydrazone groups is 1. The highest BCUT2D eigenvalue weighted by atomic mass is 35.5. The number of anilines is 1. The van der Waals surface area contributed by atoms with Crippen LogP contribution in [0.15, 0.2) is 41.5 Å². The minimum Gasteiger partial charge on any atom is -0.502 e. The van der Waals surface area contributed by atoms with Crippen LogP contribution in [0.5, 0.6) is 5.75 Å². The third-order valence-corrected chi connectivity index (χ3v) is 2.97. The average molecular weight is 337 g/mol. The molecule has 10 heteroatoms. The summed E-state index contributed by atoms with van der Waals surface area (Å²) in [5, 5.41) is 35.0. The Labute approximate surface area is 134 Å². The molecule has 0 aliphatic carbocycles. The quantitative estimate of drug-likeness (QED) is 0.489. The van der Waals surface area contributed by atoms with E-state index in [0.29, 0.717) is 5.69 Å². The standard InChI is InChI=1S/C13H9ClN4O5/c14-9-5-8(13(19)12(6-9)18(22)23)7-15-16-10-1-3-11(4-2-10)17(20)21/h1-7,16,19H/b15-7+. The maximum atomic E-state index is 10.8. The molecular formula is C13H9ClN4O5. The number of phenols is 1. The van der Waals surface area contributed by atoms with Crippen LogP contribution in [0.25, 0.3) is 0 Å². The van der Waals surface area contributed by atoms with Gasteiger partial charge in [0.05, 0.1) is 21.7 Å². The second-order valence-corrected chi connectivity index (χ2v) is 4.73. The minimum absolute atomic E-state index is 0.0543. The fraction of sp³-hybridized carbons (Fsp3) is 0. The molecule has 0 heterocycles. The Balaban J connectivity index is 2.17. The van der Waals surface area contributed by atoms with Crippen molar-refractivity contribution in [2.75, 3.05) is 5.43 Å². The lowest BCUT2D eigenvalue weighted by Gasteiger charge is -2.02. The number of non-ortho nitro benzene ring substituents is 1. The van der Waals surface area contributed by atoms with E-state index in [-0.39, 0.29) is 16.3 Å². The van der Waals surface area contributed by atoms with E-state index in [1.165, 1.54) is 30.3 Å². The molecule has 0 saturated carbocycles. The molecule has 0 spiro atoms. The molecule has 2 N–H and O–H groups in total. The molecule has 0 radical (unpaired) electrons. The van der Waals surface area contributed by atoms with Crippen LogP contribution in [-0.2, 0) is 0 Å². The van der Waals surface area contributed by atoms with Crippen LogP contribution in [0.1, 0.15) is 5.56 Å². The first-order valence-corrected chi connectivity index (χ1v) is 6.46. The number of benzene rings is 2. The summed E-state index contributed by atoms with van der Waals surface area (Å²) in [7, 11) is 0. The van der Waals surface area contributed by atoms with Gasteiger partial charge < -0.3 is 5.11 Å². The summed E-state index contributed by atoms with van der Waals surface area (Å²) in [5.74, 6) is -0.561. The molecule has 2 aromatic rings. The zero-order chi connectivity index (χ0) is 17.0. The molecule has 0 aromatic heterocycles. The Kier molecular flexibility index (Phi) is 4.72.